The molecule has 0 spiro atoms. The van der Waals surface area contributed by atoms with E-state index in [-0.39, 0.29) is 0 Å². The van der Waals surface area contributed by atoms with Crippen molar-refractivity contribution < 1.29 is 0 Å². The monoisotopic (exact) mass is 320 g/mol. The van der Waals surface area contributed by atoms with Gasteiger partial charge in [-0.2, -0.15) is 0 Å². The summed E-state index contributed by atoms with van der Waals surface area (Å²) in [5, 5.41) is 5.16. The van der Waals surface area contributed by atoms with E-state index in [2.05, 4.69) is 10.3 Å². The van der Waals surface area contributed by atoms with Crippen LogP contribution in [-0.4, -0.2) is 4.98 Å². The molecule has 0 aliphatic carbocycles. The molecule has 0 radical (unpaired) electrons. The summed E-state index contributed by atoms with van der Waals surface area (Å²) in [6.45, 7) is 0.502. The van der Waals surface area contributed by atoms with E-state index < -0.39 is 0 Å². The Morgan fingerprint density at radius 3 is 2.28 bits per heavy atom. The number of anilines is 1. The SMILES string of the molecule is Clc1cc(Cl)c(NCc2ccncc2Cl)c(Cl)c1. The van der Waals surface area contributed by atoms with Crippen molar-refractivity contribution in [1.82, 2.24) is 4.98 Å². The molecule has 0 unspecified atom stereocenters. The largest absolute Gasteiger partial charge is 0.378 e. The number of rotatable bonds is 3. The Morgan fingerprint density at radius 1 is 1.00 bits per heavy atom. The highest BCUT2D eigenvalue weighted by molar-refractivity contribution is 6.41. The maximum atomic E-state index is 6.06. The van der Waals surface area contributed by atoms with Crippen molar-refractivity contribution in [3.05, 3.63) is 56.2 Å². The molecule has 0 saturated heterocycles. The van der Waals surface area contributed by atoms with Gasteiger partial charge in [0.2, 0.25) is 0 Å². The lowest BCUT2D eigenvalue weighted by molar-refractivity contribution is 1.13. The first-order chi connectivity index (χ1) is 8.58. The van der Waals surface area contributed by atoms with Crippen LogP contribution < -0.4 is 5.32 Å². The number of nitrogens with zero attached hydrogens (tertiary/aromatic N) is 1. The molecule has 1 heterocycles. The first-order valence-electron chi connectivity index (χ1n) is 5.04. The van der Waals surface area contributed by atoms with Gasteiger partial charge in [-0.15, -0.1) is 0 Å². The zero-order valence-electron chi connectivity index (χ0n) is 9.05. The van der Waals surface area contributed by atoms with Crippen LogP contribution in [-0.2, 0) is 6.54 Å². The van der Waals surface area contributed by atoms with Gasteiger partial charge in [0.05, 0.1) is 20.8 Å². The van der Waals surface area contributed by atoms with Crippen molar-refractivity contribution in [2.24, 2.45) is 0 Å². The molecule has 2 aromatic rings. The number of aromatic nitrogens is 1. The van der Waals surface area contributed by atoms with Crippen LogP contribution in [0.5, 0.6) is 0 Å². The van der Waals surface area contributed by atoms with Gasteiger partial charge in [-0.25, -0.2) is 0 Å². The molecule has 0 amide bonds. The highest BCUT2D eigenvalue weighted by Gasteiger charge is 2.08. The number of nitrogens with one attached hydrogen (secondary N) is 1. The van der Waals surface area contributed by atoms with E-state index in [1.807, 2.05) is 6.07 Å². The number of pyridine rings is 1. The van der Waals surface area contributed by atoms with Crippen LogP contribution in [0, 0.1) is 0 Å². The maximum absolute atomic E-state index is 6.06. The molecule has 0 fully saturated rings. The first-order valence-corrected chi connectivity index (χ1v) is 6.56. The summed E-state index contributed by atoms with van der Waals surface area (Å²) in [6, 6.07) is 5.09. The maximum Gasteiger partial charge on any atom is 0.0722 e. The molecule has 2 rings (SSSR count). The molecule has 18 heavy (non-hydrogen) atoms. The van der Waals surface area contributed by atoms with E-state index in [1.165, 1.54) is 0 Å². The van der Waals surface area contributed by atoms with Crippen molar-refractivity contribution in [3.8, 4) is 0 Å². The minimum atomic E-state index is 0.470. The van der Waals surface area contributed by atoms with Gasteiger partial charge in [-0.05, 0) is 23.8 Å². The smallest absolute Gasteiger partial charge is 0.0722 e. The Bertz CT molecular complexity index is 549. The highest BCUT2D eigenvalue weighted by Crippen LogP contribution is 2.34. The topological polar surface area (TPSA) is 24.9 Å². The molecule has 6 heteroatoms. The van der Waals surface area contributed by atoms with Crippen LogP contribution in [0.15, 0.2) is 30.6 Å². The number of benzene rings is 1. The molecule has 0 atom stereocenters. The summed E-state index contributed by atoms with van der Waals surface area (Å²) >= 11 is 24.0. The summed E-state index contributed by atoms with van der Waals surface area (Å²) in [6.07, 6.45) is 3.26. The van der Waals surface area contributed by atoms with Gasteiger partial charge in [0, 0.05) is 24.0 Å². The average molecular weight is 322 g/mol. The summed E-state index contributed by atoms with van der Waals surface area (Å²) in [4.78, 5) is 3.92. The third kappa shape index (κ3) is 3.21. The Morgan fingerprint density at radius 2 is 1.67 bits per heavy atom. The molecule has 1 aromatic carbocycles. The number of halogens is 4. The van der Waals surface area contributed by atoms with Crippen molar-refractivity contribution in [2.75, 3.05) is 5.32 Å². The second-order valence-electron chi connectivity index (χ2n) is 3.57. The number of hydrogen-bond donors (Lipinski definition) is 1. The quantitative estimate of drug-likeness (QED) is 0.828. The van der Waals surface area contributed by atoms with Crippen LogP contribution in [0.1, 0.15) is 5.56 Å². The molecule has 2 nitrogen and oxygen atoms in total. The lowest BCUT2D eigenvalue weighted by Gasteiger charge is -2.11. The first kappa shape index (κ1) is 13.8. The second kappa shape index (κ2) is 5.98. The zero-order valence-corrected chi connectivity index (χ0v) is 12.1. The Balaban J connectivity index is 2.19. The standard InChI is InChI=1S/C12H8Cl4N2/c13-8-3-9(14)12(10(15)4-8)18-5-7-1-2-17-6-11(7)16/h1-4,6,18H,5H2. The molecule has 0 aliphatic heterocycles. The van der Waals surface area contributed by atoms with Gasteiger partial charge >= 0.3 is 0 Å². The molecule has 0 bridgehead atoms. The summed E-state index contributed by atoms with van der Waals surface area (Å²) < 4.78 is 0. The lowest BCUT2D eigenvalue weighted by atomic mass is 10.2. The normalized spacial score (nSPS) is 10.4. The van der Waals surface area contributed by atoms with E-state index in [1.54, 1.807) is 24.5 Å². The summed E-state index contributed by atoms with van der Waals surface area (Å²) in [5.74, 6) is 0. The van der Waals surface area contributed by atoms with Gasteiger partial charge in [0.15, 0.2) is 0 Å². The van der Waals surface area contributed by atoms with Gasteiger partial charge in [0.1, 0.15) is 0 Å². The Hall–Kier alpha value is -0.670. The van der Waals surface area contributed by atoms with Gasteiger partial charge in [-0.3, -0.25) is 4.98 Å². The van der Waals surface area contributed by atoms with Crippen LogP contribution in [0.25, 0.3) is 0 Å². The molecule has 1 aromatic heterocycles. The zero-order chi connectivity index (χ0) is 13.1. The summed E-state index contributed by atoms with van der Waals surface area (Å²) in [5.41, 5.74) is 1.55. The van der Waals surface area contributed by atoms with Gasteiger partial charge in [0.25, 0.3) is 0 Å². The van der Waals surface area contributed by atoms with E-state index in [4.69, 9.17) is 46.4 Å². The van der Waals surface area contributed by atoms with Crippen molar-refractivity contribution in [2.45, 2.75) is 6.54 Å². The Kier molecular flexibility index (Phi) is 4.57. The van der Waals surface area contributed by atoms with Crippen LogP contribution in [0.3, 0.4) is 0 Å². The predicted molar refractivity (Wildman–Crippen MR) is 78.0 cm³/mol. The van der Waals surface area contributed by atoms with E-state index in [0.717, 1.165) is 5.56 Å². The third-order valence-electron chi connectivity index (χ3n) is 2.32. The van der Waals surface area contributed by atoms with Gasteiger partial charge in [-0.1, -0.05) is 46.4 Å². The highest BCUT2D eigenvalue weighted by atomic mass is 35.5. The third-order valence-corrected chi connectivity index (χ3v) is 3.47. The van der Waals surface area contributed by atoms with Crippen molar-refractivity contribution in [3.63, 3.8) is 0 Å². The van der Waals surface area contributed by atoms with E-state index in [0.29, 0.717) is 32.3 Å². The lowest BCUT2D eigenvalue weighted by Crippen LogP contribution is -2.01. The van der Waals surface area contributed by atoms with E-state index >= 15 is 0 Å². The molecule has 0 aliphatic rings. The van der Waals surface area contributed by atoms with Crippen LogP contribution >= 0.6 is 46.4 Å². The van der Waals surface area contributed by atoms with Crippen molar-refractivity contribution >= 4 is 52.1 Å². The fourth-order valence-corrected chi connectivity index (χ4v) is 2.58. The van der Waals surface area contributed by atoms with Crippen molar-refractivity contribution in [1.29, 1.82) is 0 Å². The molecular weight excluding hydrogens is 314 g/mol. The van der Waals surface area contributed by atoms with Crippen LogP contribution in [0.2, 0.25) is 20.1 Å². The van der Waals surface area contributed by atoms with E-state index in [9.17, 15) is 0 Å². The molecule has 94 valence electrons. The average Bonchev–Trinajstić information content (AvgIpc) is 2.30. The minimum absolute atomic E-state index is 0.470. The molecule has 1 N–H and O–H groups in total. The second-order valence-corrected chi connectivity index (χ2v) is 5.22. The Labute approximate surface area is 125 Å². The number of hydrogen-bond acceptors (Lipinski definition) is 2. The molecule has 0 saturated carbocycles. The fourth-order valence-electron chi connectivity index (χ4n) is 1.44. The fraction of sp³-hybridized carbons (Fsp3) is 0.0833. The van der Waals surface area contributed by atoms with Crippen LogP contribution in [0.4, 0.5) is 5.69 Å². The van der Waals surface area contributed by atoms with Gasteiger partial charge < -0.3 is 5.32 Å². The minimum Gasteiger partial charge on any atom is -0.378 e. The summed E-state index contributed by atoms with van der Waals surface area (Å²) in [7, 11) is 0. The predicted octanol–water partition coefficient (Wildman–Crippen LogP) is 5.31. The molecular formula is C12H8Cl4N2.